The topological polar surface area (TPSA) is 96.5 Å². The number of methoxy groups -OCH3 is 2. The van der Waals surface area contributed by atoms with Crippen molar-refractivity contribution in [3.05, 3.63) is 78.6 Å². The second kappa shape index (κ2) is 7.98. The Bertz CT molecular complexity index is 1300. The van der Waals surface area contributed by atoms with Crippen LogP contribution in [0.15, 0.2) is 72.8 Å². The number of β-lactam (4-membered cyclic amide) rings is 1. The van der Waals surface area contributed by atoms with Gasteiger partial charge in [0.1, 0.15) is 17.3 Å². The maximum absolute atomic E-state index is 13.8. The van der Waals surface area contributed by atoms with E-state index in [0.29, 0.717) is 28.7 Å². The van der Waals surface area contributed by atoms with Crippen molar-refractivity contribution in [1.29, 1.82) is 0 Å². The summed E-state index contributed by atoms with van der Waals surface area (Å²) in [6.45, 7) is 0. The van der Waals surface area contributed by atoms with Gasteiger partial charge >= 0.3 is 0 Å². The molecule has 8 nitrogen and oxygen atoms in total. The molecule has 2 N–H and O–H groups in total. The molecule has 1 fully saturated rings. The Kier molecular flexibility index (Phi) is 4.97. The van der Waals surface area contributed by atoms with Crippen LogP contribution in [-0.4, -0.2) is 36.0 Å². The molecule has 2 heterocycles. The van der Waals surface area contributed by atoms with E-state index in [1.54, 1.807) is 62.8 Å². The Balaban J connectivity index is 1.59. The lowest BCUT2D eigenvalue weighted by molar-refractivity contribution is -0.137. The molecule has 1 aliphatic rings. The number of rotatable bonds is 6. The molecule has 1 atom stereocenters. The van der Waals surface area contributed by atoms with Crippen molar-refractivity contribution in [3.8, 4) is 11.5 Å². The average Bonchev–Trinajstić information content (AvgIpc) is 3.27. The lowest BCUT2D eigenvalue weighted by Gasteiger charge is -2.49. The highest BCUT2D eigenvalue weighted by Gasteiger charge is 2.60. The zero-order valence-electron chi connectivity index (χ0n) is 18.2. The van der Waals surface area contributed by atoms with E-state index in [1.807, 2.05) is 24.3 Å². The average molecular weight is 442 g/mol. The quantitative estimate of drug-likeness (QED) is 0.442. The molecular formula is C25H22N4O4. The van der Waals surface area contributed by atoms with Gasteiger partial charge in [-0.25, -0.2) is 4.98 Å². The number of aromatic nitrogens is 2. The highest BCUT2D eigenvalue weighted by Crippen LogP contribution is 2.45. The van der Waals surface area contributed by atoms with Gasteiger partial charge in [0.2, 0.25) is 5.91 Å². The summed E-state index contributed by atoms with van der Waals surface area (Å²) >= 11 is 0. The van der Waals surface area contributed by atoms with Gasteiger partial charge < -0.3 is 19.8 Å². The number of carbonyl (C=O) groups is 2. The minimum Gasteiger partial charge on any atom is -0.497 e. The SMILES string of the molecule is COc1ccc(NC(=O)C2(c3nc4ccccc4[nH]3)CC(=O)N2c2ccc(OC)cc2)cc1. The minimum absolute atomic E-state index is 0.0131. The first-order valence-corrected chi connectivity index (χ1v) is 10.4. The van der Waals surface area contributed by atoms with Gasteiger partial charge in [-0.1, -0.05) is 12.1 Å². The zero-order chi connectivity index (χ0) is 23.0. The fourth-order valence-corrected chi connectivity index (χ4v) is 4.13. The molecule has 0 radical (unpaired) electrons. The normalized spacial score (nSPS) is 17.5. The second-order valence-corrected chi connectivity index (χ2v) is 7.75. The molecular weight excluding hydrogens is 420 g/mol. The van der Waals surface area contributed by atoms with Crippen LogP contribution in [0.25, 0.3) is 11.0 Å². The van der Waals surface area contributed by atoms with Gasteiger partial charge in [-0.05, 0) is 60.7 Å². The first kappa shape index (κ1) is 20.6. The van der Waals surface area contributed by atoms with Crippen molar-refractivity contribution in [2.45, 2.75) is 12.0 Å². The van der Waals surface area contributed by atoms with Crippen LogP contribution < -0.4 is 19.7 Å². The third-order valence-corrected chi connectivity index (χ3v) is 5.87. The van der Waals surface area contributed by atoms with Crippen molar-refractivity contribution in [2.75, 3.05) is 24.4 Å². The summed E-state index contributed by atoms with van der Waals surface area (Å²) < 4.78 is 10.4. The number of benzene rings is 3. The van der Waals surface area contributed by atoms with Crippen molar-refractivity contribution < 1.29 is 19.1 Å². The molecule has 0 bridgehead atoms. The standard InChI is InChI=1S/C25H22N4O4/c1-32-18-11-7-16(8-12-18)26-24(31)25(23-27-20-5-3-4-6-21(20)28-23)15-22(30)29(25)17-9-13-19(33-2)14-10-17/h3-14H,15H2,1-2H3,(H,26,31)(H,27,28). The number of ether oxygens (including phenoxy) is 2. The first-order chi connectivity index (χ1) is 16.0. The van der Waals surface area contributed by atoms with Gasteiger partial charge in [-0.2, -0.15) is 0 Å². The molecule has 1 unspecified atom stereocenters. The molecule has 3 aromatic carbocycles. The summed E-state index contributed by atoms with van der Waals surface area (Å²) in [5, 5.41) is 2.95. The van der Waals surface area contributed by atoms with E-state index in [9.17, 15) is 9.59 Å². The number of nitrogens with zero attached hydrogens (tertiary/aromatic N) is 2. The number of H-pyrrole nitrogens is 1. The van der Waals surface area contributed by atoms with Crippen molar-refractivity contribution in [3.63, 3.8) is 0 Å². The molecule has 8 heteroatoms. The van der Waals surface area contributed by atoms with Gasteiger partial charge in [0.15, 0.2) is 5.54 Å². The molecule has 0 spiro atoms. The largest absolute Gasteiger partial charge is 0.497 e. The van der Waals surface area contributed by atoms with Crippen LogP contribution in [0.4, 0.5) is 11.4 Å². The van der Waals surface area contributed by atoms with Crippen LogP contribution in [0.2, 0.25) is 0 Å². The summed E-state index contributed by atoms with van der Waals surface area (Å²) in [4.78, 5) is 36.1. The summed E-state index contributed by atoms with van der Waals surface area (Å²) in [5.41, 5.74) is 1.35. The summed E-state index contributed by atoms with van der Waals surface area (Å²) in [6.07, 6.45) is -0.0131. The van der Waals surface area contributed by atoms with Gasteiger partial charge in [-0.15, -0.1) is 0 Å². The Morgan fingerprint density at radius 1 is 0.970 bits per heavy atom. The second-order valence-electron chi connectivity index (χ2n) is 7.75. The van der Waals surface area contributed by atoms with E-state index in [2.05, 4.69) is 15.3 Å². The molecule has 0 aliphatic carbocycles. The molecule has 166 valence electrons. The minimum atomic E-state index is -1.33. The molecule has 1 aromatic heterocycles. The predicted molar refractivity (Wildman–Crippen MR) is 124 cm³/mol. The Labute approximate surface area is 190 Å². The van der Waals surface area contributed by atoms with Crippen molar-refractivity contribution >= 4 is 34.2 Å². The van der Waals surface area contributed by atoms with Gasteiger partial charge in [-0.3, -0.25) is 14.5 Å². The molecule has 1 aliphatic heterocycles. The number of para-hydroxylation sites is 2. The van der Waals surface area contributed by atoms with E-state index < -0.39 is 5.54 Å². The lowest BCUT2D eigenvalue weighted by atomic mass is 9.81. The molecule has 5 rings (SSSR count). The van der Waals surface area contributed by atoms with Crippen LogP contribution in [-0.2, 0) is 15.1 Å². The van der Waals surface area contributed by atoms with Crippen molar-refractivity contribution in [2.24, 2.45) is 0 Å². The van der Waals surface area contributed by atoms with E-state index >= 15 is 0 Å². The number of carbonyl (C=O) groups excluding carboxylic acids is 2. The maximum atomic E-state index is 13.8. The summed E-state index contributed by atoms with van der Waals surface area (Å²) in [7, 11) is 3.15. The molecule has 1 saturated heterocycles. The highest BCUT2D eigenvalue weighted by molar-refractivity contribution is 6.16. The van der Waals surface area contributed by atoms with Gasteiger partial charge in [0.05, 0.1) is 31.7 Å². The zero-order valence-corrected chi connectivity index (χ0v) is 18.2. The highest BCUT2D eigenvalue weighted by atomic mass is 16.5. The predicted octanol–water partition coefficient (Wildman–Crippen LogP) is 3.85. The number of anilines is 2. The van der Waals surface area contributed by atoms with E-state index in [1.165, 1.54) is 4.90 Å². The van der Waals surface area contributed by atoms with Crippen LogP contribution >= 0.6 is 0 Å². The molecule has 33 heavy (non-hydrogen) atoms. The number of amides is 2. The van der Waals surface area contributed by atoms with E-state index in [-0.39, 0.29) is 18.2 Å². The molecule has 2 amide bonds. The van der Waals surface area contributed by atoms with Crippen LogP contribution in [0.3, 0.4) is 0 Å². The van der Waals surface area contributed by atoms with Crippen LogP contribution in [0, 0.1) is 0 Å². The number of hydrogen-bond donors (Lipinski definition) is 2. The van der Waals surface area contributed by atoms with Gasteiger partial charge in [0, 0.05) is 11.4 Å². The lowest BCUT2D eigenvalue weighted by Crippen LogP contribution is -2.67. The third-order valence-electron chi connectivity index (χ3n) is 5.87. The number of aromatic amines is 1. The third kappa shape index (κ3) is 3.36. The van der Waals surface area contributed by atoms with Crippen LogP contribution in [0.5, 0.6) is 11.5 Å². The Morgan fingerprint density at radius 3 is 2.21 bits per heavy atom. The smallest absolute Gasteiger partial charge is 0.259 e. The molecule has 0 saturated carbocycles. The van der Waals surface area contributed by atoms with E-state index in [0.717, 1.165) is 11.0 Å². The number of hydrogen-bond acceptors (Lipinski definition) is 5. The Morgan fingerprint density at radius 2 is 1.61 bits per heavy atom. The Hall–Kier alpha value is -4.33. The number of nitrogens with one attached hydrogen (secondary N) is 2. The van der Waals surface area contributed by atoms with Crippen LogP contribution in [0.1, 0.15) is 12.2 Å². The fourth-order valence-electron chi connectivity index (χ4n) is 4.13. The summed E-state index contributed by atoms with van der Waals surface area (Å²) in [6, 6.07) is 21.6. The maximum Gasteiger partial charge on any atom is 0.259 e. The fraction of sp³-hybridized carbons (Fsp3) is 0.160. The summed E-state index contributed by atoms with van der Waals surface area (Å²) in [5.74, 6) is 1.21. The van der Waals surface area contributed by atoms with E-state index in [4.69, 9.17) is 9.47 Å². The first-order valence-electron chi connectivity index (χ1n) is 10.4. The molecule has 4 aromatic rings. The number of fused-ring (bicyclic) bond motifs is 1. The van der Waals surface area contributed by atoms with Crippen molar-refractivity contribution in [1.82, 2.24) is 9.97 Å². The van der Waals surface area contributed by atoms with Gasteiger partial charge in [0.25, 0.3) is 5.91 Å². The monoisotopic (exact) mass is 442 g/mol. The number of imidazole rings is 1.